The Balaban J connectivity index is 2.38. The zero-order valence-corrected chi connectivity index (χ0v) is 7.98. The van der Waals surface area contributed by atoms with Crippen LogP contribution in [-0.2, 0) is 6.54 Å². The maximum Gasteiger partial charge on any atom is 0.0686 e. The average molecular weight is 187 g/mol. The second-order valence-electron chi connectivity index (χ2n) is 3.32. The fourth-order valence-corrected chi connectivity index (χ4v) is 1.43. The fraction of sp³-hybridized carbons (Fsp3) is 0.182. The highest BCUT2D eigenvalue weighted by Crippen LogP contribution is 2.13. The monoisotopic (exact) mass is 187 g/mol. The van der Waals surface area contributed by atoms with E-state index in [1.165, 1.54) is 0 Å². The Morgan fingerprint density at radius 2 is 2.21 bits per heavy atom. The molecule has 1 aromatic carbocycles. The summed E-state index contributed by atoms with van der Waals surface area (Å²) in [5.41, 5.74) is 7.60. The first-order valence-corrected chi connectivity index (χ1v) is 4.58. The van der Waals surface area contributed by atoms with Gasteiger partial charge in [-0.15, -0.1) is 0 Å². The Morgan fingerprint density at radius 3 is 3.00 bits per heavy atom. The topological polar surface area (TPSA) is 43.8 Å². The van der Waals surface area contributed by atoms with Gasteiger partial charge in [-0.2, -0.15) is 5.10 Å². The fourth-order valence-electron chi connectivity index (χ4n) is 1.43. The molecule has 3 nitrogen and oxygen atoms in total. The third-order valence-corrected chi connectivity index (χ3v) is 2.21. The third-order valence-electron chi connectivity index (χ3n) is 2.21. The quantitative estimate of drug-likeness (QED) is 0.741. The van der Waals surface area contributed by atoms with Gasteiger partial charge in [-0.3, -0.25) is 4.68 Å². The Morgan fingerprint density at radius 1 is 1.43 bits per heavy atom. The van der Waals surface area contributed by atoms with Crippen molar-refractivity contribution in [2.45, 2.75) is 6.54 Å². The summed E-state index contributed by atoms with van der Waals surface area (Å²) in [5, 5.41) is 5.43. The van der Waals surface area contributed by atoms with Gasteiger partial charge in [-0.25, -0.2) is 0 Å². The Kier molecular flexibility index (Phi) is 2.33. The molecule has 0 atom stereocenters. The number of benzene rings is 1. The Bertz CT molecular complexity index is 456. The highest BCUT2D eigenvalue weighted by Gasteiger charge is 2.01. The molecule has 1 aromatic heterocycles. The van der Waals surface area contributed by atoms with E-state index in [9.17, 15) is 0 Å². The van der Waals surface area contributed by atoms with E-state index in [1.807, 2.05) is 35.1 Å². The first kappa shape index (κ1) is 8.97. The van der Waals surface area contributed by atoms with E-state index in [0.717, 1.165) is 16.5 Å². The van der Waals surface area contributed by atoms with E-state index in [0.29, 0.717) is 13.1 Å². The van der Waals surface area contributed by atoms with E-state index in [-0.39, 0.29) is 0 Å². The number of hydrogen-bond acceptors (Lipinski definition) is 2. The maximum absolute atomic E-state index is 5.49. The van der Waals surface area contributed by atoms with Crippen LogP contribution in [0.5, 0.6) is 0 Å². The van der Waals surface area contributed by atoms with Crippen molar-refractivity contribution in [2.75, 3.05) is 6.54 Å². The van der Waals surface area contributed by atoms with Crippen LogP contribution in [0.2, 0.25) is 0 Å². The zero-order chi connectivity index (χ0) is 9.97. The van der Waals surface area contributed by atoms with E-state index in [2.05, 4.69) is 11.7 Å². The number of aromatic nitrogens is 2. The second-order valence-corrected chi connectivity index (χ2v) is 3.32. The molecule has 0 saturated heterocycles. The molecule has 0 aliphatic heterocycles. The van der Waals surface area contributed by atoms with E-state index in [4.69, 9.17) is 5.73 Å². The molecule has 0 aliphatic carbocycles. The molecule has 0 spiro atoms. The molecule has 0 bridgehead atoms. The third kappa shape index (κ3) is 1.54. The summed E-state index contributed by atoms with van der Waals surface area (Å²) < 4.78 is 1.92. The predicted molar refractivity (Wildman–Crippen MR) is 57.9 cm³/mol. The maximum atomic E-state index is 5.49. The number of nitrogens with two attached hydrogens (primary N) is 1. The summed E-state index contributed by atoms with van der Waals surface area (Å²) in [4.78, 5) is 0. The van der Waals surface area contributed by atoms with E-state index >= 15 is 0 Å². The lowest BCUT2D eigenvalue weighted by Gasteiger charge is -2.04. The molecular formula is C11H13N3. The van der Waals surface area contributed by atoms with Crippen molar-refractivity contribution in [1.29, 1.82) is 0 Å². The normalized spacial score (nSPS) is 10.6. The van der Waals surface area contributed by atoms with Gasteiger partial charge in [-0.1, -0.05) is 24.8 Å². The lowest BCUT2D eigenvalue weighted by molar-refractivity contribution is 0.694. The van der Waals surface area contributed by atoms with Gasteiger partial charge in [0.15, 0.2) is 0 Å². The van der Waals surface area contributed by atoms with Gasteiger partial charge < -0.3 is 5.73 Å². The van der Waals surface area contributed by atoms with Crippen molar-refractivity contribution in [3.63, 3.8) is 0 Å². The lowest BCUT2D eigenvalue weighted by Crippen LogP contribution is -2.09. The highest BCUT2D eigenvalue weighted by atomic mass is 15.3. The molecule has 14 heavy (non-hydrogen) atoms. The molecule has 1 heterocycles. The van der Waals surface area contributed by atoms with Crippen molar-refractivity contribution in [1.82, 2.24) is 9.78 Å². The minimum absolute atomic E-state index is 0.508. The highest BCUT2D eigenvalue weighted by molar-refractivity contribution is 5.78. The summed E-state index contributed by atoms with van der Waals surface area (Å²) in [6, 6.07) is 8.11. The van der Waals surface area contributed by atoms with Gasteiger partial charge in [0.25, 0.3) is 0 Å². The number of nitrogens with zero attached hydrogens (tertiary/aromatic N) is 2. The number of fused-ring (bicyclic) bond motifs is 1. The summed E-state index contributed by atoms with van der Waals surface area (Å²) >= 11 is 0. The molecule has 3 heteroatoms. The zero-order valence-electron chi connectivity index (χ0n) is 7.98. The van der Waals surface area contributed by atoms with Crippen LogP contribution in [-0.4, -0.2) is 16.3 Å². The van der Waals surface area contributed by atoms with Crippen LogP contribution < -0.4 is 5.73 Å². The average Bonchev–Trinajstić information content (AvgIpc) is 2.62. The van der Waals surface area contributed by atoms with Crippen LogP contribution in [0.15, 0.2) is 42.6 Å². The molecule has 0 amide bonds. The molecule has 2 aromatic rings. The van der Waals surface area contributed by atoms with Gasteiger partial charge in [0, 0.05) is 11.9 Å². The first-order valence-electron chi connectivity index (χ1n) is 4.58. The molecule has 0 saturated carbocycles. The molecule has 0 aliphatic rings. The smallest absolute Gasteiger partial charge is 0.0686 e. The first-order chi connectivity index (χ1) is 6.81. The van der Waals surface area contributed by atoms with Gasteiger partial charge in [0.2, 0.25) is 0 Å². The second kappa shape index (κ2) is 3.64. The van der Waals surface area contributed by atoms with Crippen LogP contribution in [0.4, 0.5) is 0 Å². The summed E-state index contributed by atoms with van der Waals surface area (Å²) in [6.07, 6.45) is 1.86. The minimum Gasteiger partial charge on any atom is -0.327 e. The van der Waals surface area contributed by atoms with Gasteiger partial charge >= 0.3 is 0 Å². The van der Waals surface area contributed by atoms with Crippen molar-refractivity contribution < 1.29 is 0 Å². The Labute approximate surface area is 82.8 Å². The molecule has 0 radical (unpaired) electrons. The van der Waals surface area contributed by atoms with Gasteiger partial charge in [0.05, 0.1) is 18.3 Å². The number of para-hydroxylation sites is 1. The van der Waals surface area contributed by atoms with Gasteiger partial charge in [-0.05, 0) is 11.6 Å². The van der Waals surface area contributed by atoms with E-state index < -0.39 is 0 Å². The van der Waals surface area contributed by atoms with Crippen molar-refractivity contribution in [3.05, 3.63) is 42.6 Å². The largest absolute Gasteiger partial charge is 0.327 e. The van der Waals surface area contributed by atoms with Crippen LogP contribution in [0.3, 0.4) is 0 Å². The van der Waals surface area contributed by atoms with Crippen molar-refractivity contribution >= 4 is 10.9 Å². The number of hydrogen-bond donors (Lipinski definition) is 1. The molecule has 2 N–H and O–H groups in total. The predicted octanol–water partition coefficient (Wildman–Crippen LogP) is 1.55. The molecule has 0 fully saturated rings. The Hall–Kier alpha value is -1.61. The van der Waals surface area contributed by atoms with Crippen molar-refractivity contribution in [2.24, 2.45) is 5.73 Å². The standard InChI is InChI=1S/C11H13N3/c1-9(6-12)8-14-11-5-3-2-4-10(11)7-13-14/h2-5,7H,1,6,8,12H2. The SMILES string of the molecule is C=C(CN)Cn1ncc2ccccc21. The molecular weight excluding hydrogens is 174 g/mol. The van der Waals surface area contributed by atoms with Crippen molar-refractivity contribution in [3.8, 4) is 0 Å². The summed E-state index contributed by atoms with van der Waals surface area (Å²) in [5.74, 6) is 0. The lowest BCUT2D eigenvalue weighted by atomic mass is 10.2. The number of rotatable bonds is 3. The van der Waals surface area contributed by atoms with Crippen LogP contribution in [0, 0.1) is 0 Å². The van der Waals surface area contributed by atoms with Crippen LogP contribution in [0.1, 0.15) is 0 Å². The molecule has 72 valence electrons. The summed E-state index contributed by atoms with van der Waals surface area (Å²) in [6.45, 7) is 5.08. The van der Waals surface area contributed by atoms with Gasteiger partial charge in [0.1, 0.15) is 0 Å². The summed E-state index contributed by atoms with van der Waals surface area (Å²) in [7, 11) is 0. The minimum atomic E-state index is 0.508. The molecule has 0 unspecified atom stereocenters. The van der Waals surface area contributed by atoms with Crippen LogP contribution >= 0.6 is 0 Å². The van der Waals surface area contributed by atoms with E-state index in [1.54, 1.807) is 0 Å². The molecule has 2 rings (SSSR count). The van der Waals surface area contributed by atoms with Crippen LogP contribution in [0.25, 0.3) is 10.9 Å².